The second kappa shape index (κ2) is 5.68. The van der Waals surface area contributed by atoms with Crippen LogP contribution in [0.2, 0.25) is 0 Å². The topological polar surface area (TPSA) is 44.4 Å². The largest absolute Gasteiger partial charge is 0.336 e. The molecule has 1 saturated heterocycles. The lowest BCUT2D eigenvalue weighted by Gasteiger charge is -2.14. The van der Waals surface area contributed by atoms with Gasteiger partial charge in [-0.05, 0) is 30.7 Å². The molecule has 1 aromatic rings. The van der Waals surface area contributed by atoms with Crippen LogP contribution in [0.25, 0.3) is 0 Å². The molecule has 1 aromatic carbocycles. The summed E-state index contributed by atoms with van der Waals surface area (Å²) in [6.07, 6.45) is 1.14. The monoisotopic (exact) mass is 233 g/mol. The smallest absolute Gasteiger partial charge is 0.321 e. The van der Waals surface area contributed by atoms with Gasteiger partial charge in [0.15, 0.2) is 0 Å². The van der Waals surface area contributed by atoms with Crippen molar-refractivity contribution in [3.05, 3.63) is 29.8 Å². The maximum absolute atomic E-state index is 11.5. The molecule has 0 aromatic heterocycles. The number of nitrogens with one attached hydrogen (secondary N) is 2. The number of carbonyl (C=O) groups is 1. The van der Waals surface area contributed by atoms with E-state index in [1.165, 1.54) is 5.56 Å². The van der Waals surface area contributed by atoms with Gasteiger partial charge in [0.2, 0.25) is 0 Å². The number of carbonyl (C=O) groups excluding carboxylic acids is 1. The molecule has 2 N–H and O–H groups in total. The molecule has 0 spiro atoms. The standard InChI is InChI=1S/C13H19N3O/c1-2-7-14-10-11-3-5-12(6-4-11)16-9-8-15-13(16)17/h3-6,14H,2,7-10H2,1H3,(H,15,17). The lowest BCUT2D eigenvalue weighted by atomic mass is 10.2. The van der Waals surface area contributed by atoms with Gasteiger partial charge in [0.05, 0.1) is 0 Å². The fourth-order valence-electron chi connectivity index (χ4n) is 1.92. The zero-order valence-electron chi connectivity index (χ0n) is 10.2. The summed E-state index contributed by atoms with van der Waals surface area (Å²) in [6, 6.07) is 8.16. The van der Waals surface area contributed by atoms with Crippen LogP contribution in [0.4, 0.5) is 10.5 Å². The molecule has 2 rings (SSSR count). The molecule has 1 heterocycles. The molecule has 0 radical (unpaired) electrons. The molecule has 92 valence electrons. The average molecular weight is 233 g/mol. The van der Waals surface area contributed by atoms with Gasteiger partial charge in [0.1, 0.15) is 0 Å². The van der Waals surface area contributed by atoms with Crippen LogP contribution in [0.15, 0.2) is 24.3 Å². The lowest BCUT2D eigenvalue weighted by Crippen LogP contribution is -2.27. The summed E-state index contributed by atoms with van der Waals surface area (Å²) >= 11 is 0. The van der Waals surface area contributed by atoms with Crippen molar-refractivity contribution in [1.29, 1.82) is 0 Å². The normalized spacial score (nSPS) is 15.1. The summed E-state index contributed by atoms with van der Waals surface area (Å²) in [5.41, 5.74) is 2.22. The van der Waals surface area contributed by atoms with Crippen LogP contribution >= 0.6 is 0 Å². The van der Waals surface area contributed by atoms with Crippen LogP contribution < -0.4 is 15.5 Å². The van der Waals surface area contributed by atoms with E-state index in [1.807, 2.05) is 12.1 Å². The Bertz CT molecular complexity index is 375. The van der Waals surface area contributed by atoms with Gasteiger partial charge in [-0.3, -0.25) is 4.90 Å². The Labute approximate surface area is 102 Å². The van der Waals surface area contributed by atoms with Crippen molar-refractivity contribution in [1.82, 2.24) is 10.6 Å². The van der Waals surface area contributed by atoms with E-state index in [9.17, 15) is 4.79 Å². The zero-order valence-corrected chi connectivity index (χ0v) is 10.2. The molecule has 2 amide bonds. The molecule has 4 nitrogen and oxygen atoms in total. The van der Waals surface area contributed by atoms with Gasteiger partial charge in [-0.25, -0.2) is 4.79 Å². The molecule has 1 aliphatic rings. The molecule has 0 aliphatic carbocycles. The van der Waals surface area contributed by atoms with Crippen molar-refractivity contribution in [3.8, 4) is 0 Å². The molecular weight excluding hydrogens is 214 g/mol. The molecule has 0 bridgehead atoms. The molecule has 0 saturated carbocycles. The predicted octanol–water partition coefficient (Wildman–Crippen LogP) is 1.72. The quantitative estimate of drug-likeness (QED) is 0.760. The minimum Gasteiger partial charge on any atom is -0.336 e. The lowest BCUT2D eigenvalue weighted by molar-refractivity contribution is 0.252. The van der Waals surface area contributed by atoms with Gasteiger partial charge in [-0.2, -0.15) is 0 Å². The van der Waals surface area contributed by atoms with Crippen LogP contribution in [0, 0.1) is 0 Å². The summed E-state index contributed by atoms with van der Waals surface area (Å²) in [6.45, 7) is 5.57. The van der Waals surface area contributed by atoms with Crippen LogP contribution in [-0.4, -0.2) is 25.7 Å². The maximum Gasteiger partial charge on any atom is 0.321 e. The Morgan fingerprint density at radius 2 is 2.12 bits per heavy atom. The molecule has 1 fully saturated rings. The zero-order chi connectivity index (χ0) is 12.1. The maximum atomic E-state index is 11.5. The molecular formula is C13H19N3O. The summed E-state index contributed by atoms with van der Waals surface area (Å²) in [7, 11) is 0. The van der Waals surface area contributed by atoms with E-state index in [4.69, 9.17) is 0 Å². The third-order valence-electron chi connectivity index (χ3n) is 2.86. The number of nitrogens with zero attached hydrogens (tertiary/aromatic N) is 1. The molecule has 1 aliphatic heterocycles. The van der Waals surface area contributed by atoms with E-state index in [2.05, 4.69) is 29.7 Å². The van der Waals surface area contributed by atoms with E-state index < -0.39 is 0 Å². The van der Waals surface area contributed by atoms with Gasteiger partial charge in [0, 0.05) is 25.3 Å². The van der Waals surface area contributed by atoms with Crippen LogP contribution in [0.1, 0.15) is 18.9 Å². The number of rotatable bonds is 5. The van der Waals surface area contributed by atoms with Crippen molar-refractivity contribution < 1.29 is 4.79 Å². The molecule has 4 heteroatoms. The fourth-order valence-corrected chi connectivity index (χ4v) is 1.92. The van der Waals surface area contributed by atoms with Crippen molar-refractivity contribution in [3.63, 3.8) is 0 Å². The minimum absolute atomic E-state index is 0.00172. The minimum atomic E-state index is 0.00172. The van der Waals surface area contributed by atoms with Crippen molar-refractivity contribution in [2.75, 3.05) is 24.5 Å². The second-order valence-corrected chi connectivity index (χ2v) is 4.23. The summed E-state index contributed by atoms with van der Waals surface area (Å²) in [5, 5.41) is 6.16. The van der Waals surface area contributed by atoms with Gasteiger partial charge >= 0.3 is 6.03 Å². The van der Waals surface area contributed by atoms with E-state index in [1.54, 1.807) is 4.90 Å². The Hall–Kier alpha value is -1.55. The Morgan fingerprint density at radius 1 is 1.35 bits per heavy atom. The fraction of sp³-hybridized carbons (Fsp3) is 0.462. The Balaban J connectivity index is 1.95. The predicted molar refractivity (Wildman–Crippen MR) is 69.2 cm³/mol. The highest BCUT2D eigenvalue weighted by atomic mass is 16.2. The first kappa shape index (κ1) is 11.9. The van der Waals surface area contributed by atoms with Gasteiger partial charge in [-0.1, -0.05) is 19.1 Å². The molecule has 17 heavy (non-hydrogen) atoms. The first-order chi connectivity index (χ1) is 8.31. The van der Waals surface area contributed by atoms with Crippen molar-refractivity contribution in [2.24, 2.45) is 0 Å². The third-order valence-corrected chi connectivity index (χ3v) is 2.86. The van der Waals surface area contributed by atoms with Gasteiger partial charge in [-0.15, -0.1) is 0 Å². The van der Waals surface area contributed by atoms with Crippen LogP contribution in [0.5, 0.6) is 0 Å². The van der Waals surface area contributed by atoms with Gasteiger partial charge < -0.3 is 10.6 Å². The van der Waals surface area contributed by atoms with E-state index >= 15 is 0 Å². The first-order valence-electron chi connectivity index (χ1n) is 6.16. The number of amides is 2. The number of benzene rings is 1. The Kier molecular flexibility index (Phi) is 3.98. The SMILES string of the molecule is CCCNCc1ccc(N2CCNC2=O)cc1. The van der Waals surface area contributed by atoms with Crippen LogP contribution in [-0.2, 0) is 6.54 Å². The summed E-state index contributed by atoms with van der Waals surface area (Å²) < 4.78 is 0. The second-order valence-electron chi connectivity index (χ2n) is 4.23. The highest BCUT2D eigenvalue weighted by Gasteiger charge is 2.20. The number of urea groups is 1. The summed E-state index contributed by atoms with van der Waals surface area (Å²) in [5.74, 6) is 0. The number of hydrogen-bond acceptors (Lipinski definition) is 2. The highest BCUT2D eigenvalue weighted by Crippen LogP contribution is 2.17. The summed E-state index contributed by atoms with van der Waals surface area (Å²) in [4.78, 5) is 13.2. The molecule has 0 atom stereocenters. The van der Waals surface area contributed by atoms with Gasteiger partial charge in [0.25, 0.3) is 0 Å². The van der Waals surface area contributed by atoms with Crippen molar-refractivity contribution >= 4 is 11.7 Å². The highest BCUT2D eigenvalue weighted by molar-refractivity contribution is 5.93. The average Bonchev–Trinajstić information content (AvgIpc) is 2.77. The number of hydrogen-bond donors (Lipinski definition) is 2. The van der Waals surface area contributed by atoms with E-state index in [-0.39, 0.29) is 6.03 Å². The first-order valence-corrected chi connectivity index (χ1v) is 6.16. The third kappa shape index (κ3) is 2.97. The molecule has 0 unspecified atom stereocenters. The van der Waals surface area contributed by atoms with E-state index in [0.29, 0.717) is 0 Å². The number of anilines is 1. The van der Waals surface area contributed by atoms with Crippen LogP contribution in [0.3, 0.4) is 0 Å². The Morgan fingerprint density at radius 3 is 2.71 bits per heavy atom. The van der Waals surface area contributed by atoms with E-state index in [0.717, 1.165) is 38.3 Å². The van der Waals surface area contributed by atoms with Crippen molar-refractivity contribution in [2.45, 2.75) is 19.9 Å².